The minimum Gasteiger partial charge on any atom is -0.489 e. The number of aromatic carboxylic acids is 2. The summed E-state index contributed by atoms with van der Waals surface area (Å²) in [6.45, 7) is 8.84. The van der Waals surface area contributed by atoms with Gasteiger partial charge < -0.3 is 20.4 Å². The van der Waals surface area contributed by atoms with Gasteiger partial charge in [-0.2, -0.15) is 0 Å². The smallest absolute Gasteiger partial charge is 0.336 e. The minimum atomic E-state index is -1.15. The molecule has 1 atom stereocenters. The van der Waals surface area contributed by atoms with E-state index in [4.69, 9.17) is 4.74 Å². The Morgan fingerprint density at radius 2 is 1.70 bits per heavy atom. The largest absolute Gasteiger partial charge is 0.489 e. The second-order valence-corrected chi connectivity index (χ2v) is 9.58. The Kier molecular flexibility index (Phi) is 7.36. The van der Waals surface area contributed by atoms with Crippen molar-refractivity contribution in [2.75, 3.05) is 0 Å². The first-order valence-corrected chi connectivity index (χ1v) is 12.3. The van der Waals surface area contributed by atoms with Crippen LogP contribution < -0.4 is 15.6 Å². The quantitative estimate of drug-likeness (QED) is 0.304. The molecule has 7 nitrogen and oxygen atoms in total. The van der Waals surface area contributed by atoms with Gasteiger partial charge in [-0.25, -0.2) is 15.0 Å². The molecular formula is C30H32N2O5. The van der Waals surface area contributed by atoms with E-state index < -0.39 is 11.9 Å². The van der Waals surface area contributed by atoms with Crippen molar-refractivity contribution in [1.29, 1.82) is 0 Å². The molecule has 0 bridgehead atoms. The predicted molar refractivity (Wildman–Crippen MR) is 142 cm³/mol. The number of benzene rings is 3. The highest BCUT2D eigenvalue weighted by atomic mass is 16.5. The molecule has 0 amide bonds. The SMILES string of the molecule is CCC1=C(C)NNC1(C)c1ccc(OCc2cccc(Cc3ccc(C(=O)O)cc3C(=O)O)c2)c(C)c1. The number of carboxylic acid groups (broad SMARTS) is 2. The van der Waals surface area contributed by atoms with Gasteiger partial charge in [0.05, 0.1) is 16.7 Å². The molecule has 0 radical (unpaired) electrons. The summed E-state index contributed by atoms with van der Waals surface area (Å²) >= 11 is 0. The first-order chi connectivity index (χ1) is 17.6. The Balaban J connectivity index is 1.48. The average Bonchev–Trinajstić information content (AvgIpc) is 3.17. The summed E-state index contributed by atoms with van der Waals surface area (Å²) in [5.74, 6) is -1.50. The molecule has 1 heterocycles. The Morgan fingerprint density at radius 3 is 2.38 bits per heavy atom. The van der Waals surface area contributed by atoms with E-state index in [0.717, 1.165) is 34.6 Å². The molecule has 0 fully saturated rings. The zero-order valence-corrected chi connectivity index (χ0v) is 21.5. The molecule has 0 aromatic heterocycles. The van der Waals surface area contributed by atoms with Crippen molar-refractivity contribution in [2.45, 2.75) is 52.7 Å². The predicted octanol–water partition coefficient (Wildman–Crippen LogP) is 5.57. The van der Waals surface area contributed by atoms with Crippen LogP contribution in [0.3, 0.4) is 0 Å². The molecule has 0 saturated carbocycles. The van der Waals surface area contributed by atoms with E-state index in [1.54, 1.807) is 6.07 Å². The van der Waals surface area contributed by atoms with Crippen LogP contribution in [0.15, 0.2) is 71.9 Å². The fourth-order valence-electron chi connectivity index (χ4n) is 5.01. The third-order valence-electron chi connectivity index (χ3n) is 7.03. The maximum Gasteiger partial charge on any atom is 0.336 e. The lowest BCUT2D eigenvalue weighted by Gasteiger charge is -2.28. The average molecular weight is 501 g/mol. The summed E-state index contributed by atoms with van der Waals surface area (Å²) in [4.78, 5) is 22.9. The second kappa shape index (κ2) is 10.5. The molecule has 1 aliphatic heterocycles. The molecule has 1 unspecified atom stereocenters. The zero-order valence-electron chi connectivity index (χ0n) is 21.5. The van der Waals surface area contributed by atoms with Crippen molar-refractivity contribution < 1.29 is 24.5 Å². The lowest BCUT2D eigenvalue weighted by molar-refractivity contribution is 0.0695. The molecule has 3 aromatic carbocycles. The van der Waals surface area contributed by atoms with Crippen molar-refractivity contribution in [1.82, 2.24) is 10.9 Å². The molecule has 0 saturated heterocycles. The van der Waals surface area contributed by atoms with Crippen LogP contribution in [0.2, 0.25) is 0 Å². The highest BCUT2D eigenvalue weighted by Gasteiger charge is 2.36. The Morgan fingerprint density at radius 1 is 0.946 bits per heavy atom. The number of hydrogen-bond donors (Lipinski definition) is 4. The number of ether oxygens (including phenoxy) is 1. The van der Waals surface area contributed by atoms with E-state index in [9.17, 15) is 19.8 Å². The molecule has 7 heteroatoms. The van der Waals surface area contributed by atoms with Crippen LogP contribution in [0.25, 0.3) is 0 Å². The third-order valence-corrected chi connectivity index (χ3v) is 7.03. The number of aryl methyl sites for hydroxylation is 1. The number of carbonyl (C=O) groups is 2. The maximum atomic E-state index is 11.7. The Bertz CT molecular complexity index is 1390. The lowest BCUT2D eigenvalue weighted by Crippen LogP contribution is -2.41. The summed E-state index contributed by atoms with van der Waals surface area (Å²) in [5.41, 5.74) is 13.5. The van der Waals surface area contributed by atoms with E-state index in [1.807, 2.05) is 37.3 Å². The van der Waals surface area contributed by atoms with E-state index in [1.165, 1.54) is 23.3 Å². The number of nitrogens with one attached hydrogen (secondary N) is 2. The van der Waals surface area contributed by atoms with Gasteiger partial charge in [-0.15, -0.1) is 0 Å². The Hall–Kier alpha value is -4.10. The van der Waals surface area contributed by atoms with Gasteiger partial charge in [0.1, 0.15) is 12.4 Å². The highest BCUT2D eigenvalue weighted by Crippen LogP contribution is 2.37. The fourth-order valence-corrected chi connectivity index (χ4v) is 5.01. The standard InChI is InChI=1S/C30H32N2O5/c1-5-26-19(3)31-32-30(26,4)24-11-12-27(18(2)13-24)37-17-21-8-6-7-20(14-21)15-22-9-10-23(28(33)34)16-25(22)29(35)36/h6-14,16,31-32H,5,15,17H2,1-4H3,(H,33,34)(H,35,36). The first kappa shape index (κ1) is 26.0. The molecule has 4 rings (SSSR count). The Labute approximate surface area is 216 Å². The van der Waals surface area contributed by atoms with Crippen molar-refractivity contribution >= 4 is 11.9 Å². The molecule has 37 heavy (non-hydrogen) atoms. The molecule has 3 aromatic rings. The normalized spacial score (nSPS) is 17.0. The number of carboxylic acids is 2. The van der Waals surface area contributed by atoms with Crippen LogP contribution in [0.5, 0.6) is 5.75 Å². The molecule has 0 aliphatic carbocycles. The topological polar surface area (TPSA) is 108 Å². The summed E-state index contributed by atoms with van der Waals surface area (Å²) in [6.07, 6.45) is 1.32. The summed E-state index contributed by atoms with van der Waals surface area (Å²) in [7, 11) is 0. The van der Waals surface area contributed by atoms with Crippen LogP contribution in [-0.2, 0) is 18.6 Å². The minimum absolute atomic E-state index is 0.00538. The molecule has 192 valence electrons. The van der Waals surface area contributed by atoms with E-state index in [-0.39, 0.29) is 16.7 Å². The van der Waals surface area contributed by atoms with Gasteiger partial charge in [0.2, 0.25) is 0 Å². The zero-order chi connectivity index (χ0) is 26.7. The highest BCUT2D eigenvalue weighted by molar-refractivity contribution is 5.95. The van der Waals surface area contributed by atoms with Gasteiger partial charge in [-0.1, -0.05) is 49.4 Å². The fraction of sp³-hybridized carbons (Fsp3) is 0.267. The van der Waals surface area contributed by atoms with Crippen LogP contribution in [0, 0.1) is 6.92 Å². The van der Waals surface area contributed by atoms with Crippen molar-refractivity contribution in [3.05, 3.63) is 111 Å². The summed E-state index contributed by atoms with van der Waals surface area (Å²) in [5, 5.41) is 18.7. The molecule has 1 aliphatic rings. The van der Waals surface area contributed by atoms with Crippen LogP contribution in [-0.4, -0.2) is 22.2 Å². The van der Waals surface area contributed by atoms with Gasteiger partial charge in [0, 0.05) is 5.70 Å². The van der Waals surface area contributed by atoms with Crippen LogP contribution in [0.4, 0.5) is 0 Å². The van der Waals surface area contributed by atoms with Gasteiger partial charge >= 0.3 is 11.9 Å². The summed E-state index contributed by atoms with van der Waals surface area (Å²) < 4.78 is 6.15. The first-order valence-electron chi connectivity index (χ1n) is 12.3. The number of rotatable bonds is 9. The van der Waals surface area contributed by atoms with Gasteiger partial charge in [0.15, 0.2) is 0 Å². The number of hydrogen-bond acceptors (Lipinski definition) is 5. The molecule has 0 spiro atoms. The van der Waals surface area contributed by atoms with Gasteiger partial charge in [0.25, 0.3) is 0 Å². The monoisotopic (exact) mass is 500 g/mol. The van der Waals surface area contributed by atoms with Crippen molar-refractivity contribution in [2.24, 2.45) is 0 Å². The molecule has 4 N–H and O–H groups in total. The van der Waals surface area contributed by atoms with E-state index >= 15 is 0 Å². The van der Waals surface area contributed by atoms with Gasteiger partial charge in [-0.3, -0.25) is 0 Å². The number of allylic oxidation sites excluding steroid dienone is 1. The van der Waals surface area contributed by atoms with E-state index in [2.05, 4.69) is 43.8 Å². The summed E-state index contributed by atoms with van der Waals surface area (Å²) in [6, 6.07) is 18.2. The van der Waals surface area contributed by atoms with Crippen molar-refractivity contribution in [3.63, 3.8) is 0 Å². The lowest BCUT2D eigenvalue weighted by atomic mass is 9.83. The third kappa shape index (κ3) is 5.37. The molecular weight excluding hydrogens is 468 g/mol. The van der Waals surface area contributed by atoms with Gasteiger partial charge in [-0.05, 0) is 85.2 Å². The number of hydrazine groups is 1. The van der Waals surface area contributed by atoms with Crippen molar-refractivity contribution in [3.8, 4) is 5.75 Å². The second-order valence-electron chi connectivity index (χ2n) is 9.58. The van der Waals surface area contributed by atoms with E-state index in [0.29, 0.717) is 18.6 Å². The van der Waals surface area contributed by atoms with Crippen LogP contribution >= 0.6 is 0 Å². The maximum absolute atomic E-state index is 11.7. The van der Waals surface area contributed by atoms with Crippen LogP contribution in [0.1, 0.15) is 75.7 Å².